The first-order valence-electron chi connectivity index (χ1n) is 3.60. The number of nitrogens with zero attached hydrogens (tertiary/aromatic N) is 1. The quantitative estimate of drug-likeness (QED) is 0.370. The van der Waals surface area contributed by atoms with Gasteiger partial charge < -0.3 is 0 Å². The average molecular weight is 278 g/mol. The van der Waals surface area contributed by atoms with Crippen LogP contribution in [0, 0.1) is 10.1 Å². The monoisotopic (exact) mass is 277 g/mol. The van der Waals surface area contributed by atoms with Gasteiger partial charge in [-0.1, -0.05) is 6.07 Å². The number of carbonyl (C=O) groups is 1. The standard InChI is InChI=1S/C8H5BrClNO3/c9-6-3-1-2-5(7(12)4-10)8(6)11(13)14/h1-3H,4H2. The fraction of sp³-hybridized carbons (Fsp3) is 0.125. The number of ketones is 1. The Morgan fingerprint density at radius 2 is 2.21 bits per heavy atom. The lowest BCUT2D eigenvalue weighted by Crippen LogP contribution is -2.05. The molecular formula is C8H5BrClNO3. The van der Waals surface area contributed by atoms with Gasteiger partial charge in [-0.25, -0.2) is 0 Å². The highest BCUT2D eigenvalue weighted by molar-refractivity contribution is 9.10. The molecule has 74 valence electrons. The summed E-state index contributed by atoms with van der Waals surface area (Å²) in [6.45, 7) is 0. The van der Waals surface area contributed by atoms with Gasteiger partial charge in [-0.3, -0.25) is 14.9 Å². The number of para-hydroxylation sites is 1. The summed E-state index contributed by atoms with van der Waals surface area (Å²) in [7, 11) is 0. The maximum atomic E-state index is 11.2. The van der Waals surface area contributed by atoms with Crippen LogP contribution in [0.1, 0.15) is 10.4 Å². The highest BCUT2D eigenvalue weighted by atomic mass is 79.9. The van der Waals surface area contributed by atoms with Gasteiger partial charge in [0, 0.05) is 0 Å². The van der Waals surface area contributed by atoms with Gasteiger partial charge in [0.2, 0.25) is 0 Å². The molecule has 1 rings (SSSR count). The van der Waals surface area contributed by atoms with Crippen molar-refractivity contribution in [3.63, 3.8) is 0 Å². The first-order chi connectivity index (χ1) is 6.57. The zero-order valence-corrected chi connectivity index (χ0v) is 9.21. The third-order valence-corrected chi connectivity index (χ3v) is 2.47. The van der Waals surface area contributed by atoms with Gasteiger partial charge in [-0.05, 0) is 28.1 Å². The molecule has 14 heavy (non-hydrogen) atoms. The van der Waals surface area contributed by atoms with Crippen LogP contribution in [0.2, 0.25) is 0 Å². The molecule has 4 nitrogen and oxygen atoms in total. The van der Waals surface area contributed by atoms with Crippen molar-refractivity contribution in [1.29, 1.82) is 0 Å². The molecule has 0 aromatic heterocycles. The minimum atomic E-state index is -0.607. The van der Waals surface area contributed by atoms with Crippen LogP contribution in [0.3, 0.4) is 0 Å². The number of hydrogen-bond donors (Lipinski definition) is 0. The molecule has 0 atom stereocenters. The third-order valence-electron chi connectivity index (χ3n) is 1.59. The van der Waals surface area contributed by atoms with Crippen LogP contribution in [-0.2, 0) is 0 Å². The van der Waals surface area contributed by atoms with E-state index >= 15 is 0 Å². The van der Waals surface area contributed by atoms with E-state index in [1.165, 1.54) is 12.1 Å². The average Bonchev–Trinajstić information content (AvgIpc) is 2.15. The molecule has 0 radical (unpaired) electrons. The van der Waals surface area contributed by atoms with Gasteiger partial charge in [0.1, 0.15) is 0 Å². The Hall–Kier alpha value is -0.940. The second-order valence-electron chi connectivity index (χ2n) is 2.45. The number of alkyl halides is 1. The van der Waals surface area contributed by atoms with Crippen molar-refractivity contribution >= 4 is 39.0 Å². The zero-order chi connectivity index (χ0) is 10.7. The molecule has 0 aliphatic heterocycles. The molecule has 0 fully saturated rings. The summed E-state index contributed by atoms with van der Waals surface area (Å²) < 4.78 is 0.276. The number of Topliss-reactive ketones (excluding diaryl/α,β-unsaturated/α-hetero) is 1. The van der Waals surface area contributed by atoms with Crippen molar-refractivity contribution in [2.24, 2.45) is 0 Å². The fourth-order valence-electron chi connectivity index (χ4n) is 0.998. The minimum Gasteiger partial charge on any atom is -0.293 e. The van der Waals surface area contributed by atoms with Crippen LogP contribution in [0.5, 0.6) is 0 Å². The Balaban J connectivity index is 3.35. The summed E-state index contributed by atoms with van der Waals surface area (Å²) in [4.78, 5) is 21.3. The van der Waals surface area contributed by atoms with E-state index in [-0.39, 0.29) is 21.6 Å². The van der Waals surface area contributed by atoms with Gasteiger partial charge in [0.25, 0.3) is 5.69 Å². The molecule has 0 aliphatic carbocycles. The predicted octanol–water partition coefficient (Wildman–Crippen LogP) is 2.78. The largest absolute Gasteiger partial charge is 0.294 e. The van der Waals surface area contributed by atoms with Crippen LogP contribution >= 0.6 is 27.5 Å². The molecule has 0 amide bonds. The summed E-state index contributed by atoms with van der Waals surface area (Å²) in [6, 6.07) is 4.44. The topological polar surface area (TPSA) is 60.2 Å². The highest BCUT2D eigenvalue weighted by Gasteiger charge is 2.22. The van der Waals surface area contributed by atoms with Gasteiger partial charge in [0.05, 0.1) is 20.8 Å². The number of nitro benzene ring substituents is 1. The van der Waals surface area contributed by atoms with Crippen molar-refractivity contribution in [3.05, 3.63) is 38.3 Å². The van der Waals surface area contributed by atoms with E-state index < -0.39 is 10.7 Å². The van der Waals surface area contributed by atoms with Crippen LogP contribution in [0.4, 0.5) is 5.69 Å². The number of hydrogen-bond acceptors (Lipinski definition) is 3. The van der Waals surface area contributed by atoms with E-state index in [4.69, 9.17) is 11.6 Å². The van der Waals surface area contributed by atoms with E-state index in [0.717, 1.165) is 0 Å². The summed E-state index contributed by atoms with van der Waals surface area (Å²) in [5.41, 5.74) is -0.211. The van der Waals surface area contributed by atoms with E-state index in [9.17, 15) is 14.9 Å². The fourth-order valence-corrected chi connectivity index (χ4v) is 1.65. The van der Waals surface area contributed by atoms with Crippen LogP contribution in [0.25, 0.3) is 0 Å². The van der Waals surface area contributed by atoms with E-state index in [1.807, 2.05) is 0 Å². The van der Waals surface area contributed by atoms with Crippen molar-refractivity contribution in [2.45, 2.75) is 0 Å². The van der Waals surface area contributed by atoms with Gasteiger partial charge >= 0.3 is 0 Å². The molecule has 0 saturated carbocycles. The molecule has 1 aromatic rings. The number of halogens is 2. The Morgan fingerprint density at radius 3 is 2.71 bits per heavy atom. The van der Waals surface area contributed by atoms with E-state index in [2.05, 4.69) is 15.9 Å². The summed E-state index contributed by atoms with van der Waals surface area (Å²) in [5.74, 6) is -0.725. The van der Waals surface area contributed by atoms with E-state index in [1.54, 1.807) is 6.07 Å². The van der Waals surface area contributed by atoms with Crippen LogP contribution in [-0.4, -0.2) is 16.6 Å². The molecule has 1 aromatic carbocycles. The smallest absolute Gasteiger partial charge is 0.293 e. The lowest BCUT2D eigenvalue weighted by atomic mass is 10.1. The first-order valence-corrected chi connectivity index (χ1v) is 4.92. The minimum absolute atomic E-state index is 0.0272. The molecule has 0 unspecified atom stereocenters. The zero-order valence-electron chi connectivity index (χ0n) is 6.87. The molecule has 0 saturated heterocycles. The van der Waals surface area contributed by atoms with E-state index in [0.29, 0.717) is 0 Å². The van der Waals surface area contributed by atoms with Crippen molar-refractivity contribution < 1.29 is 9.72 Å². The van der Waals surface area contributed by atoms with Crippen molar-refractivity contribution in [2.75, 3.05) is 5.88 Å². The van der Waals surface area contributed by atoms with Gasteiger partial charge in [0.15, 0.2) is 5.78 Å². The SMILES string of the molecule is O=C(CCl)c1cccc(Br)c1[N+](=O)[O-]. The molecule has 6 heteroatoms. The molecular weight excluding hydrogens is 273 g/mol. The lowest BCUT2D eigenvalue weighted by molar-refractivity contribution is -0.385. The Labute approximate surface area is 93.1 Å². The number of nitro groups is 1. The molecule has 0 N–H and O–H groups in total. The molecule has 0 bridgehead atoms. The third kappa shape index (κ3) is 2.10. The maximum Gasteiger partial charge on any atom is 0.294 e. The Bertz CT molecular complexity index is 394. The number of rotatable bonds is 3. The van der Waals surface area contributed by atoms with Crippen molar-refractivity contribution in [1.82, 2.24) is 0 Å². The van der Waals surface area contributed by atoms with Crippen LogP contribution < -0.4 is 0 Å². The number of carbonyl (C=O) groups excluding carboxylic acids is 1. The summed E-state index contributed by atoms with van der Waals surface area (Å²) in [6.07, 6.45) is 0. The second-order valence-corrected chi connectivity index (χ2v) is 3.57. The lowest BCUT2D eigenvalue weighted by Gasteiger charge is -2.00. The predicted molar refractivity (Wildman–Crippen MR) is 55.8 cm³/mol. The van der Waals surface area contributed by atoms with Gasteiger partial charge in [-0.15, -0.1) is 11.6 Å². The first kappa shape index (κ1) is 11.1. The molecule has 0 spiro atoms. The number of benzene rings is 1. The molecule has 0 heterocycles. The Kier molecular flexibility index (Phi) is 3.60. The normalized spacial score (nSPS) is 9.86. The van der Waals surface area contributed by atoms with Crippen LogP contribution in [0.15, 0.2) is 22.7 Å². The summed E-state index contributed by atoms with van der Waals surface area (Å²) in [5, 5.41) is 10.6. The second kappa shape index (κ2) is 4.52. The van der Waals surface area contributed by atoms with Crippen molar-refractivity contribution in [3.8, 4) is 0 Å². The van der Waals surface area contributed by atoms with Gasteiger partial charge in [-0.2, -0.15) is 0 Å². The Morgan fingerprint density at radius 1 is 1.57 bits per heavy atom. The highest BCUT2D eigenvalue weighted by Crippen LogP contribution is 2.28. The molecule has 0 aliphatic rings. The maximum absolute atomic E-state index is 11.2. The summed E-state index contributed by atoms with van der Waals surface area (Å²) >= 11 is 8.34.